The van der Waals surface area contributed by atoms with Crippen LogP contribution < -0.4 is 24.0 Å². The highest BCUT2D eigenvalue weighted by Gasteiger charge is 2.42. The van der Waals surface area contributed by atoms with Crippen LogP contribution in [-0.2, 0) is 5.41 Å². The maximum atomic E-state index is 2.29. The van der Waals surface area contributed by atoms with Gasteiger partial charge in [0, 0.05) is 17.7 Å². The second-order valence-electron chi connectivity index (χ2n) is 6.22. The van der Waals surface area contributed by atoms with Gasteiger partial charge in [-0.2, -0.15) is 4.58 Å². The third kappa shape index (κ3) is 3.47. The van der Waals surface area contributed by atoms with Crippen molar-refractivity contribution in [2.75, 3.05) is 7.05 Å². The van der Waals surface area contributed by atoms with Crippen LogP contribution in [0.3, 0.4) is 0 Å². The van der Waals surface area contributed by atoms with E-state index in [2.05, 4.69) is 98.3 Å². The van der Waals surface area contributed by atoms with Gasteiger partial charge in [0.25, 0.3) is 0 Å². The molecule has 0 amide bonds. The Hall–Kier alpha value is -1.68. The van der Waals surface area contributed by atoms with Gasteiger partial charge in [-0.25, -0.2) is 0 Å². The molecule has 2 aromatic rings. The van der Waals surface area contributed by atoms with E-state index >= 15 is 0 Å². The van der Waals surface area contributed by atoms with Crippen LogP contribution in [0, 0.1) is 0 Å². The first-order valence-corrected chi connectivity index (χ1v) is 7.71. The minimum Gasteiger partial charge on any atom is -1.00 e. The molecule has 0 spiro atoms. The normalized spacial score (nSPS) is 16.0. The van der Waals surface area contributed by atoms with Crippen molar-refractivity contribution in [3.05, 3.63) is 84.0 Å². The molecule has 1 aliphatic rings. The minimum absolute atomic E-state index is 0. The first-order chi connectivity index (χ1) is 10.6. The van der Waals surface area contributed by atoms with Crippen molar-refractivity contribution >= 4 is 17.5 Å². The van der Waals surface area contributed by atoms with Crippen molar-refractivity contribution in [3.8, 4) is 0 Å². The summed E-state index contributed by atoms with van der Waals surface area (Å²) in [5.74, 6) is 0. The van der Waals surface area contributed by atoms with Crippen molar-refractivity contribution in [1.82, 2.24) is 0 Å². The summed E-state index contributed by atoms with van der Waals surface area (Å²) in [6.07, 6.45) is 8.59. The highest BCUT2D eigenvalue weighted by atomic mass is 127. The predicted molar refractivity (Wildman–Crippen MR) is 94.9 cm³/mol. The van der Waals surface area contributed by atoms with Crippen molar-refractivity contribution in [3.63, 3.8) is 0 Å². The number of para-hydroxylation sites is 1. The van der Waals surface area contributed by atoms with Crippen LogP contribution in [0.2, 0.25) is 0 Å². The third-order valence-electron chi connectivity index (χ3n) is 4.39. The van der Waals surface area contributed by atoms with Crippen LogP contribution in [0.1, 0.15) is 25.0 Å². The Balaban J connectivity index is 0.00000192. The van der Waals surface area contributed by atoms with E-state index < -0.39 is 0 Å². The zero-order valence-electron chi connectivity index (χ0n) is 13.8. The summed E-state index contributed by atoms with van der Waals surface area (Å²) in [6, 6.07) is 19.0. The zero-order chi connectivity index (χ0) is 15.6. The molecule has 0 atom stereocenters. The van der Waals surface area contributed by atoms with Gasteiger partial charge in [-0.05, 0) is 19.4 Å². The molecule has 0 fully saturated rings. The van der Waals surface area contributed by atoms with E-state index in [1.807, 2.05) is 6.07 Å². The molecular formula is C21H22IN. The summed E-state index contributed by atoms with van der Waals surface area (Å²) >= 11 is 0. The number of fused-ring (bicyclic) bond motifs is 1. The van der Waals surface area contributed by atoms with Gasteiger partial charge in [0.1, 0.15) is 7.05 Å². The first-order valence-electron chi connectivity index (χ1n) is 7.71. The van der Waals surface area contributed by atoms with Gasteiger partial charge in [-0.1, -0.05) is 66.8 Å². The molecule has 0 bridgehead atoms. The van der Waals surface area contributed by atoms with Gasteiger partial charge in [-0.15, -0.1) is 0 Å². The lowest BCUT2D eigenvalue weighted by atomic mass is 9.81. The average Bonchev–Trinajstić information content (AvgIpc) is 2.73. The molecule has 0 saturated heterocycles. The lowest BCUT2D eigenvalue weighted by molar-refractivity contribution is -0.401. The monoisotopic (exact) mass is 415 g/mol. The molecule has 2 aromatic carbocycles. The van der Waals surface area contributed by atoms with Crippen molar-refractivity contribution < 1.29 is 28.6 Å². The van der Waals surface area contributed by atoms with E-state index in [1.54, 1.807) is 0 Å². The van der Waals surface area contributed by atoms with E-state index in [0.717, 1.165) is 0 Å². The molecule has 0 radical (unpaired) electrons. The molecule has 0 aliphatic carbocycles. The molecular weight excluding hydrogens is 393 g/mol. The van der Waals surface area contributed by atoms with Crippen molar-refractivity contribution in [2.45, 2.75) is 19.3 Å². The number of rotatable bonds is 3. The van der Waals surface area contributed by atoms with Crippen LogP contribution in [0.5, 0.6) is 0 Å². The van der Waals surface area contributed by atoms with E-state index in [9.17, 15) is 0 Å². The van der Waals surface area contributed by atoms with Gasteiger partial charge in [0.15, 0.2) is 5.71 Å². The second-order valence-corrected chi connectivity index (χ2v) is 6.22. The Labute approximate surface area is 156 Å². The van der Waals surface area contributed by atoms with E-state index in [0.29, 0.717) is 0 Å². The molecule has 23 heavy (non-hydrogen) atoms. The van der Waals surface area contributed by atoms with Gasteiger partial charge in [-0.3, -0.25) is 0 Å². The number of nitrogens with zero attached hydrogens (tertiary/aromatic N) is 1. The van der Waals surface area contributed by atoms with E-state index in [4.69, 9.17) is 0 Å². The van der Waals surface area contributed by atoms with Crippen LogP contribution in [0.15, 0.2) is 72.8 Å². The summed E-state index contributed by atoms with van der Waals surface area (Å²) < 4.78 is 2.29. The molecule has 0 N–H and O–H groups in total. The Morgan fingerprint density at radius 2 is 1.43 bits per heavy atom. The Morgan fingerprint density at radius 1 is 0.826 bits per heavy atom. The molecule has 1 aliphatic heterocycles. The average molecular weight is 415 g/mol. The smallest absolute Gasteiger partial charge is 0.209 e. The lowest BCUT2D eigenvalue weighted by Crippen LogP contribution is -3.00. The fourth-order valence-corrected chi connectivity index (χ4v) is 3.18. The first kappa shape index (κ1) is 17.7. The zero-order valence-corrected chi connectivity index (χ0v) is 16.0. The summed E-state index contributed by atoms with van der Waals surface area (Å²) in [5, 5.41) is 0. The number of halogens is 1. The van der Waals surface area contributed by atoms with Crippen molar-refractivity contribution in [2.24, 2.45) is 0 Å². The highest BCUT2D eigenvalue weighted by Crippen LogP contribution is 2.38. The Bertz CT molecular complexity index is 767. The Kier molecular flexibility index (Phi) is 5.58. The maximum Gasteiger partial charge on any atom is 0.209 e. The quantitative estimate of drug-likeness (QED) is 0.410. The predicted octanol–water partition coefficient (Wildman–Crippen LogP) is 1.97. The van der Waals surface area contributed by atoms with E-state index in [-0.39, 0.29) is 29.4 Å². The third-order valence-corrected chi connectivity index (χ3v) is 4.39. The summed E-state index contributed by atoms with van der Waals surface area (Å²) in [5.41, 5.74) is 5.29. The molecule has 118 valence electrons. The molecule has 0 aromatic heterocycles. The summed E-state index contributed by atoms with van der Waals surface area (Å²) in [6.45, 7) is 4.58. The molecule has 3 rings (SSSR count). The number of benzene rings is 2. The topological polar surface area (TPSA) is 3.01 Å². The van der Waals surface area contributed by atoms with Gasteiger partial charge in [0.05, 0.1) is 5.41 Å². The fraction of sp³-hybridized carbons (Fsp3) is 0.190. The SMILES string of the molecule is C[N+]1=C(/C=C\C=C\c2ccccc2)C(C)(C)c2ccccc21.[I-]. The van der Waals surface area contributed by atoms with Crippen molar-refractivity contribution in [1.29, 1.82) is 0 Å². The Morgan fingerprint density at radius 3 is 2.13 bits per heavy atom. The number of allylic oxidation sites excluding steroid dienone is 3. The molecule has 1 heterocycles. The fourth-order valence-electron chi connectivity index (χ4n) is 3.18. The van der Waals surface area contributed by atoms with Crippen LogP contribution in [0.25, 0.3) is 6.08 Å². The van der Waals surface area contributed by atoms with Gasteiger partial charge < -0.3 is 24.0 Å². The van der Waals surface area contributed by atoms with Crippen LogP contribution in [-0.4, -0.2) is 17.3 Å². The number of hydrogen-bond acceptors (Lipinski definition) is 0. The standard InChI is InChI=1S/C21H22N.HI/c1-21(2)18-14-8-9-15-19(18)22(3)20(21)16-10-7-13-17-11-5-4-6-12-17;/h4-16H,1-3H3;1H/q+1;/p-1/b13-7+,16-10-;. The van der Waals surface area contributed by atoms with Gasteiger partial charge >= 0.3 is 0 Å². The highest BCUT2D eigenvalue weighted by molar-refractivity contribution is 6.03. The summed E-state index contributed by atoms with van der Waals surface area (Å²) in [4.78, 5) is 0. The minimum atomic E-state index is 0. The van der Waals surface area contributed by atoms with Crippen LogP contribution >= 0.6 is 0 Å². The van der Waals surface area contributed by atoms with Gasteiger partial charge in [0.2, 0.25) is 5.69 Å². The second kappa shape index (κ2) is 7.26. The van der Waals surface area contributed by atoms with Crippen LogP contribution in [0.4, 0.5) is 5.69 Å². The molecule has 0 saturated carbocycles. The maximum absolute atomic E-state index is 2.29. The molecule has 0 unspecified atom stereocenters. The molecule has 1 nitrogen and oxygen atoms in total. The lowest BCUT2D eigenvalue weighted by Gasteiger charge is -2.14. The molecule has 2 heteroatoms. The summed E-state index contributed by atoms with van der Waals surface area (Å²) in [7, 11) is 2.15. The number of hydrogen-bond donors (Lipinski definition) is 0. The largest absolute Gasteiger partial charge is 1.00 e. The van der Waals surface area contributed by atoms with E-state index in [1.165, 1.54) is 22.5 Å².